The maximum absolute atomic E-state index is 12.4. The van der Waals surface area contributed by atoms with Gasteiger partial charge in [0.1, 0.15) is 5.76 Å². The van der Waals surface area contributed by atoms with E-state index in [2.05, 4.69) is 10.3 Å². The van der Waals surface area contributed by atoms with Crippen LogP contribution < -0.4 is 10.2 Å². The van der Waals surface area contributed by atoms with E-state index in [1.807, 2.05) is 61.5 Å². The molecule has 4 rings (SSSR count). The minimum absolute atomic E-state index is 0.111. The summed E-state index contributed by atoms with van der Waals surface area (Å²) in [6.07, 6.45) is 1.69. The van der Waals surface area contributed by atoms with Crippen LogP contribution in [0, 0.1) is 6.92 Å². The molecule has 0 saturated carbocycles. The Bertz CT molecular complexity index is 1010. The second-order valence-electron chi connectivity index (χ2n) is 7.16. The summed E-state index contributed by atoms with van der Waals surface area (Å²) in [6, 6.07) is 17.4. The fourth-order valence-corrected chi connectivity index (χ4v) is 3.43. The first-order valence-corrected chi connectivity index (χ1v) is 9.78. The zero-order chi connectivity index (χ0) is 20.2. The molecule has 1 aliphatic heterocycles. The number of anilines is 1. The number of aromatic nitrogens is 1. The van der Waals surface area contributed by atoms with E-state index in [4.69, 9.17) is 4.42 Å². The molecule has 6 heteroatoms. The summed E-state index contributed by atoms with van der Waals surface area (Å²) in [6.45, 7) is 3.02. The quantitative estimate of drug-likeness (QED) is 0.698. The van der Waals surface area contributed by atoms with Crippen molar-refractivity contribution in [3.05, 3.63) is 71.6 Å². The highest BCUT2D eigenvalue weighted by molar-refractivity contribution is 5.95. The van der Waals surface area contributed by atoms with Crippen LogP contribution in [0.3, 0.4) is 0 Å². The highest BCUT2D eigenvalue weighted by atomic mass is 16.4. The molecule has 29 heavy (non-hydrogen) atoms. The van der Waals surface area contributed by atoms with Crippen molar-refractivity contribution in [2.45, 2.75) is 32.7 Å². The van der Waals surface area contributed by atoms with Gasteiger partial charge in [-0.15, -0.1) is 0 Å². The van der Waals surface area contributed by atoms with Crippen molar-refractivity contribution in [3.8, 4) is 11.5 Å². The Morgan fingerprint density at radius 3 is 2.59 bits per heavy atom. The number of benzene rings is 2. The molecule has 1 N–H and O–H groups in total. The molecule has 2 amide bonds. The molecular weight excluding hydrogens is 366 g/mol. The molecule has 1 aliphatic rings. The lowest BCUT2D eigenvalue weighted by atomic mass is 10.2. The van der Waals surface area contributed by atoms with Crippen LogP contribution in [-0.2, 0) is 22.6 Å². The number of hydrogen-bond donors (Lipinski definition) is 1. The lowest BCUT2D eigenvalue weighted by Crippen LogP contribution is -2.25. The average Bonchev–Trinajstić information content (AvgIpc) is 3.33. The molecule has 2 aromatic carbocycles. The van der Waals surface area contributed by atoms with E-state index in [1.165, 1.54) is 0 Å². The first kappa shape index (κ1) is 18.9. The van der Waals surface area contributed by atoms with Gasteiger partial charge >= 0.3 is 0 Å². The van der Waals surface area contributed by atoms with Gasteiger partial charge in [0.25, 0.3) is 0 Å². The second-order valence-corrected chi connectivity index (χ2v) is 7.16. The number of amides is 2. The van der Waals surface area contributed by atoms with Gasteiger partial charge in [-0.05, 0) is 43.2 Å². The van der Waals surface area contributed by atoms with E-state index in [1.54, 1.807) is 4.90 Å². The Balaban J connectivity index is 1.33. The number of nitrogens with zero attached hydrogens (tertiary/aromatic N) is 2. The molecule has 0 aliphatic carbocycles. The standard InChI is InChI=1S/C23H23N3O3/c1-16-20(25-23(29-16)18-6-3-2-4-7-18)14-21(27)24-15-17-9-11-19(12-10-17)26-13-5-8-22(26)28/h2-4,6-7,9-12H,5,8,13-15H2,1H3,(H,24,27). The lowest BCUT2D eigenvalue weighted by molar-refractivity contribution is -0.120. The third-order valence-corrected chi connectivity index (χ3v) is 5.05. The fraction of sp³-hybridized carbons (Fsp3) is 0.261. The van der Waals surface area contributed by atoms with E-state index in [0.717, 1.165) is 29.8 Å². The van der Waals surface area contributed by atoms with Crippen LogP contribution in [0.5, 0.6) is 0 Å². The topological polar surface area (TPSA) is 75.4 Å². The van der Waals surface area contributed by atoms with Crippen molar-refractivity contribution in [1.82, 2.24) is 10.3 Å². The molecule has 2 heterocycles. The van der Waals surface area contributed by atoms with E-state index < -0.39 is 0 Å². The van der Waals surface area contributed by atoms with Gasteiger partial charge in [0.05, 0.1) is 12.1 Å². The molecule has 0 spiro atoms. The molecule has 3 aromatic rings. The van der Waals surface area contributed by atoms with Gasteiger partial charge in [-0.2, -0.15) is 0 Å². The van der Waals surface area contributed by atoms with Gasteiger partial charge in [0.2, 0.25) is 17.7 Å². The predicted octanol–water partition coefficient (Wildman–Crippen LogP) is 3.64. The number of carbonyl (C=O) groups is 2. The number of rotatable bonds is 6. The molecule has 1 fully saturated rings. The van der Waals surface area contributed by atoms with Crippen LogP contribution in [0.4, 0.5) is 5.69 Å². The summed E-state index contributed by atoms with van der Waals surface area (Å²) < 4.78 is 5.71. The SMILES string of the molecule is Cc1oc(-c2ccccc2)nc1CC(=O)NCc1ccc(N2CCCC2=O)cc1. The highest BCUT2D eigenvalue weighted by Gasteiger charge is 2.21. The summed E-state index contributed by atoms with van der Waals surface area (Å²) in [7, 11) is 0. The van der Waals surface area contributed by atoms with Crippen LogP contribution >= 0.6 is 0 Å². The van der Waals surface area contributed by atoms with Crippen LogP contribution in [0.1, 0.15) is 29.9 Å². The van der Waals surface area contributed by atoms with Crippen LogP contribution in [0.15, 0.2) is 59.0 Å². The summed E-state index contributed by atoms with van der Waals surface area (Å²) in [5.41, 5.74) is 3.42. The lowest BCUT2D eigenvalue weighted by Gasteiger charge is -2.16. The molecule has 1 saturated heterocycles. The third-order valence-electron chi connectivity index (χ3n) is 5.05. The third kappa shape index (κ3) is 4.37. The fourth-order valence-electron chi connectivity index (χ4n) is 3.43. The van der Waals surface area contributed by atoms with Crippen LogP contribution in [0.25, 0.3) is 11.5 Å². The Morgan fingerprint density at radius 1 is 1.14 bits per heavy atom. The van der Waals surface area contributed by atoms with E-state index in [0.29, 0.717) is 30.3 Å². The first-order chi connectivity index (χ1) is 14.1. The zero-order valence-electron chi connectivity index (χ0n) is 16.4. The van der Waals surface area contributed by atoms with E-state index in [9.17, 15) is 9.59 Å². The van der Waals surface area contributed by atoms with Gasteiger partial charge in [-0.25, -0.2) is 4.98 Å². The Kier molecular flexibility index (Phi) is 5.42. The van der Waals surface area contributed by atoms with E-state index >= 15 is 0 Å². The first-order valence-electron chi connectivity index (χ1n) is 9.78. The second kappa shape index (κ2) is 8.31. The molecule has 1 aromatic heterocycles. The van der Waals surface area contributed by atoms with Gasteiger partial charge < -0.3 is 14.6 Å². The summed E-state index contributed by atoms with van der Waals surface area (Å²) in [5.74, 6) is 1.24. The van der Waals surface area contributed by atoms with Crippen molar-refractivity contribution in [2.75, 3.05) is 11.4 Å². The Morgan fingerprint density at radius 2 is 1.90 bits per heavy atom. The van der Waals surface area contributed by atoms with E-state index in [-0.39, 0.29) is 18.2 Å². The largest absolute Gasteiger partial charge is 0.441 e. The van der Waals surface area contributed by atoms with Crippen molar-refractivity contribution in [2.24, 2.45) is 0 Å². The normalized spacial score (nSPS) is 13.7. The number of nitrogens with one attached hydrogen (secondary N) is 1. The number of hydrogen-bond acceptors (Lipinski definition) is 4. The summed E-state index contributed by atoms with van der Waals surface area (Å²) in [4.78, 5) is 30.5. The Hall–Kier alpha value is -3.41. The Labute approximate surface area is 169 Å². The highest BCUT2D eigenvalue weighted by Crippen LogP contribution is 2.22. The molecule has 0 bridgehead atoms. The molecular formula is C23H23N3O3. The average molecular weight is 389 g/mol. The minimum Gasteiger partial charge on any atom is -0.441 e. The number of carbonyl (C=O) groups excluding carboxylic acids is 2. The summed E-state index contributed by atoms with van der Waals surface area (Å²) in [5, 5.41) is 2.92. The van der Waals surface area contributed by atoms with Gasteiger partial charge in [-0.1, -0.05) is 30.3 Å². The van der Waals surface area contributed by atoms with Crippen molar-refractivity contribution >= 4 is 17.5 Å². The number of oxazole rings is 1. The molecule has 0 radical (unpaired) electrons. The van der Waals surface area contributed by atoms with Gasteiger partial charge in [-0.3, -0.25) is 9.59 Å². The maximum atomic E-state index is 12.4. The molecule has 6 nitrogen and oxygen atoms in total. The molecule has 0 atom stereocenters. The van der Waals surface area contributed by atoms with Gasteiger partial charge in [0.15, 0.2) is 0 Å². The van der Waals surface area contributed by atoms with Crippen molar-refractivity contribution in [3.63, 3.8) is 0 Å². The smallest absolute Gasteiger partial charge is 0.227 e. The van der Waals surface area contributed by atoms with Gasteiger partial charge in [0, 0.05) is 30.8 Å². The van der Waals surface area contributed by atoms with Crippen LogP contribution in [0.2, 0.25) is 0 Å². The number of aryl methyl sites for hydroxylation is 1. The zero-order valence-corrected chi connectivity index (χ0v) is 16.4. The monoisotopic (exact) mass is 389 g/mol. The van der Waals surface area contributed by atoms with Crippen molar-refractivity contribution in [1.29, 1.82) is 0 Å². The maximum Gasteiger partial charge on any atom is 0.227 e. The molecule has 148 valence electrons. The summed E-state index contributed by atoms with van der Waals surface area (Å²) >= 11 is 0. The molecule has 0 unspecified atom stereocenters. The van der Waals surface area contributed by atoms with Crippen molar-refractivity contribution < 1.29 is 14.0 Å². The van der Waals surface area contributed by atoms with Crippen LogP contribution in [-0.4, -0.2) is 23.3 Å². The minimum atomic E-state index is -0.111. The predicted molar refractivity (Wildman–Crippen MR) is 110 cm³/mol.